The second-order valence-electron chi connectivity index (χ2n) is 14.1. The first-order chi connectivity index (χ1) is 24.2. The molecule has 0 N–H and O–H groups in total. The molecule has 3 aromatic carbocycles. The Morgan fingerprint density at radius 2 is 1.67 bits per heavy atom. The van der Waals surface area contributed by atoms with Gasteiger partial charge in [-0.05, 0) is 65.8 Å². The molecular formula is C44H34N4O. The van der Waals surface area contributed by atoms with Gasteiger partial charge in [-0.1, -0.05) is 97.2 Å². The third kappa shape index (κ3) is 4.19. The summed E-state index contributed by atoms with van der Waals surface area (Å²) >= 11 is 0. The van der Waals surface area contributed by atoms with Crippen molar-refractivity contribution in [2.75, 3.05) is 4.90 Å². The van der Waals surface area contributed by atoms with E-state index in [9.17, 15) is 10.5 Å². The fourth-order valence-corrected chi connectivity index (χ4v) is 9.56. The van der Waals surface area contributed by atoms with E-state index in [1.807, 2.05) is 12.1 Å². The lowest BCUT2D eigenvalue weighted by atomic mass is 9.76. The fraction of sp³-hybridized carbons (Fsp3) is 0.227. The summed E-state index contributed by atoms with van der Waals surface area (Å²) in [4.78, 5) is 2.40. The molecule has 3 heterocycles. The van der Waals surface area contributed by atoms with E-state index in [0.29, 0.717) is 23.8 Å². The van der Waals surface area contributed by atoms with Crippen molar-refractivity contribution in [1.82, 2.24) is 4.57 Å². The zero-order valence-electron chi connectivity index (χ0n) is 27.0. The van der Waals surface area contributed by atoms with Crippen molar-refractivity contribution in [1.29, 1.82) is 10.5 Å². The Kier molecular flexibility index (Phi) is 6.35. The molecule has 5 heteroatoms. The molecule has 236 valence electrons. The average Bonchev–Trinajstić information content (AvgIpc) is 3.80. The van der Waals surface area contributed by atoms with Gasteiger partial charge in [-0.2, -0.15) is 10.5 Å². The van der Waals surface area contributed by atoms with E-state index in [-0.39, 0.29) is 30.1 Å². The minimum atomic E-state index is -0.316. The van der Waals surface area contributed by atoms with Gasteiger partial charge in [0.05, 0.1) is 47.4 Å². The summed E-state index contributed by atoms with van der Waals surface area (Å²) in [7, 11) is 0. The van der Waals surface area contributed by atoms with Gasteiger partial charge in [-0.25, -0.2) is 0 Å². The van der Waals surface area contributed by atoms with E-state index in [0.717, 1.165) is 46.6 Å². The summed E-state index contributed by atoms with van der Waals surface area (Å²) in [5, 5.41) is 22.3. The molecule has 0 spiro atoms. The highest BCUT2D eigenvalue weighted by molar-refractivity contribution is 5.89. The van der Waals surface area contributed by atoms with Gasteiger partial charge >= 0.3 is 0 Å². The Morgan fingerprint density at radius 1 is 0.837 bits per heavy atom. The first kappa shape index (κ1) is 28.4. The molecule has 2 aliphatic heterocycles. The summed E-state index contributed by atoms with van der Waals surface area (Å²) < 4.78 is 9.06. The van der Waals surface area contributed by atoms with Crippen LogP contribution in [0.1, 0.15) is 40.3 Å². The van der Waals surface area contributed by atoms with Crippen molar-refractivity contribution < 1.29 is 4.74 Å². The summed E-state index contributed by atoms with van der Waals surface area (Å²) in [6, 6.07) is 28.7. The molecule has 6 aliphatic rings. The number of aromatic nitrogens is 1. The van der Waals surface area contributed by atoms with Gasteiger partial charge in [-0.15, -0.1) is 0 Å². The normalized spacial score (nSPS) is 28.5. The largest absolute Gasteiger partial charge is 0.370 e. The van der Waals surface area contributed by atoms with Gasteiger partial charge in [0.1, 0.15) is 0 Å². The molecule has 0 radical (unpaired) electrons. The van der Waals surface area contributed by atoms with Crippen molar-refractivity contribution in [2.24, 2.45) is 17.8 Å². The van der Waals surface area contributed by atoms with Crippen LogP contribution in [0.2, 0.25) is 0 Å². The van der Waals surface area contributed by atoms with Crippen LogP contribution in [0.15, 0.2) is 133 Å². The zero-order valence-corrected chi connectivity index (χ0v) is 27.0. The van der Waals surface area contributed by atoms with E-state index in [1.165, 1.54) is 22.2 Å². The van der Waals surface area contributed by atoms with E-state index in [4.69, 9.17) is 4.74 Å². The monoisotopic (exact) mass is 634 g/mol. The molecule has 1 aromatic heterocycles. The molecule has 5 unspecified atom stereocenters. The summed E-state index contributed by atoms with van der Waals surface area (Å²) in [5.74, 6) is 0.747. The van der Waals surface area contributed by atoms with Crippen molar-refractivity contribution in [3.8, 4) is 17.8 Å². The molecule has 0 amide bonds. The summed E-state index contributed by atoms with van der Waals surface area (Å²) in [6.45, 7) is 0. The molecule has 4 aromatic rings. The highest BCUT2D eigenvalue weighted by atomic mass is 16.5. The molecule has 5 nitrogen and oxygen atoms in total. The van der Waals surface area contributed by atoms with Crippen molar-refractivity contribution in [2.45, 2.75) is 43.4 Å². The van der Waals surface area contributed by atoms with Gasteiger partial charge in [0.2, 0.25) is 0 Å². The Hall–Kier alpha value is -5.62. The smallest absolute Gasteiger partial charge is 0.0992 e. The molecule has 0 bridgehead atoms. The molecule has 10 rings (SSSR count). The van der Waals surface area contributed by atoms with E-state index in [1.54, 1.807) is 0 Å². The first-order valence-electron chi connectivity index (χ1n) is 17.4. The topological polar surface area (TPSA) is 65.0 Å². The molecule has 7 atom stereocenters. The molecule has 1 fully saturated rings. The minimum absolute atomic E-state index is 0.0847. The van der Waals surface area contributed by atoms with Gasteiger partial charge in [0, 0.05) is 52.0 Å². The van der Waals surface area contributed by atoms with Crippen molar-refractivity contribution in [3.63, 3.8) is 0 Å². The number of nitriles is 2. The lowest BCUT2D eigenvalue weighted by Crippen LogP contribution is -2.36. The number of nitrogens with zero attached hydrogens (tertiary/aromatic N) is 4. The lowest BCUT2D eigenvalue weighted by molar-refractivity contribution is 0.0514. The Labute approximate surface area is 286 Å². The highest BCUT2D eigenvalue weighted by Crippen LogP contribution is 2.50. The Balaban J connectivity index is 1.16. The number of anilines is 1. The standard InChI is InChI=1S/C44H34N4O/c45-25-27-20-29(31-15-9-10-28(26-46)44(31)48-39-17-6-1-11-32(39)33-12-2-7-18-40(33)48)22-30(21-27)47-38-16-5-3-13-34(38)36-23-37-35-14-4-8-19-42(35)49-43(37)24-41(36)47/h1-9,11-22,28,32,35,37,39,42-43H,10,23-24H2/t28-,32?,35+,37?,39?,42?,43?/m1/s1. The van der Waals surface area contributed by atoms with Crippen LogP contribution in [-0.4, -0.2) is 22.8 Å². The summed E-state index contributed by atoms with van der Waals surface area (Å²) in [5.41, 5.74) is 10.8. The van der Waals surface area contributed by atoms with Gasteiger partial charge in [0.15, 0.2) is 0 Å². The number of benzene rings is 3. The third-order valence-electron chi connectivity index (χ3n) is 11.6. The molecule has 49 heavy (non-hydrogen) atoms. The van der Waals surface area contributed by atoms with Crippen molar-refractivity contribution in [3.05, 3.63) is 161 Å². The maximum Gasteiger partial charge on any atom is 0.0992 e. The number of para-hydroxylation sites is 2. The van der Waals surface area contributed by atoms with E-state index in [2.05, 4.69) is 137 Å². The lowest BCUT2D eigenvalue weighted by Gasteiger charge is -2.35. The molecule has 4 aliphatic carbocycles. The number of rotatable bonds is 3. The maximum atomic E-state index is 10.6. The predicted molar refractivity (Wildman–Crippen MR) is 193 cm³/mol. The average molecular weight is 635 g/mol. The van der Waals surface area contributed by atoms with Crippen LogP contribution in [0.4, 0.5) is 5.69 Å². The second-order valence-corrected chi connectivity index (χ2v) is 14.1. The van der Waals surface area contributed by atoms with Crippen LogP contribution in [0.25, 0.3) is 22.2 Å². The number of ether oxygens (including phenoxy) is 1. The fourth-order valence-electron chi connectivity index (χ4n) is 9.56. The van der Waals surface area contributed by atoms with Crippen LogP contribution >= 0.6 is 0 Å². The number of hydrogen-bond acceptors (Lipinski definition) is 4. The molecule has 1 saturated heterocycles. The van der Waals surface area contributed by atoms with Gasteiger partial charge in [0.25, 0.3) is 0 Å². The van der Waals surface area contributed by atoms with Crippen molar-refractivity contribution >= 4 is 22.2 Å². The number of allylic oxidation sites excluding steroid dienone is 8. The quantitative estimate of drug-likeness (QED) is 0.226. The second kappa shape index (κ2) is 11.0. The Morgan fingerprint density at radius 3 is 2.59 bits per heavy atom. The van der Waals surface area contributed by atoms with Crippen LogP contribution < -0.4 is 4.90 Å². The first-order valence-corrected chi connectivity index (χ1v) is 17.4. The number of hydrogen-bond donors (Lipinski definition) is 0. The van der Waals surface area contributed by atoms with E-state index < -0.39 is 0 Å². The summed E-state index contributed by atoms with van der Waals surface area (Å²) in [6.07, 6.45) is 24.6. The van der Waals surface area contributed by atoms with E-state index >= 15 is 0 Å². The van der Waals surface area contributed by atoms with Gasteiger partial charge < -0.3 is 14.2 Å². The SMILES string of the molecule is N#Cc1cc(C2=C(N3c4ccccc4C4C=CC=CC43)[C@@H](C#N)CC=C2)cc(-n2c3c(c4ccccc42)CC2C(C3)OC3C=CC=C[C@H]32)c1. The Bertz CT molecular complexity index is 2330. The van der Waals surface area contributed by atoms with Crippen LogP contribution in [0, 0.1) is 40.4 Å². The molecule has 0 saturated carbocycles. The van der Waals surface area contributed by atoms with Crippen LogP contribution in [-0.2, 0) is 17.6 Å². The molecular weight excluding hydrogens is 601 g/mol. The number of fused-ring (bicyclic) bond motifs is 9. The maximum absolute atomic E-state index is 10.6. The van der Waals surface area contributed by atoms with Crippen LogP contribution in [0.5, 0.6) is 0 Å². The van der Waals surface area contributed by atoms with Gasteiger partial charge in [-0.3, -0.25) is 0 Å². The minimum Gasteiger partial charge on any atom is -0.370 e. The third-order valence-corrected chi connectivity index (χ3v) is 11.6. The zero-order chi connectivity index (χ0) is 32.6. The predicted octanol–water partition coefficient (Wildman–Crippen LogP) is 8.64. The van der Waals surface area contributed by atoms with Crippen LogP contribution in [0.3, 0.4) is 0 Å². The highest BCUT2D eigenvalue weighted by Gasteiger charge is 2.46.